The summed E-state index contributed by atoms with van der Waals surface area (Å²) >= 11 is 0. The fourth-order valence-electron chi connectivity index (χ4n) is 1.75. The third-order valence-corrected chi connectivity index (χ3v) is 3.16. The van der Waals surface area contributed by atoms with E-state index in [1.54, 1.807) is 10.6 Å². The molecule has 1 rings (SSSR count). The molecule has 0 aromatic heterocycles. The van der Waals surface area contributed by atoms with Crippen molar-refractivity contribution in [3.05, 3.63) is 35.4 Å². The SMILES string of the molecule is CC(OC(=O)c1ccc(C(=O)OC(C)C(=O)NC(N)=O)cc1)C(=O)NC(N)=O. The number of hydrogen-bond donors (Lipinski definition) is 4. The maximum Gasteiger partial charge on any atom is 0.338 e. The zero-order valence-corrected chi connectivity index (χ0v) is 14.9. The van der Waals surface area contributed by atoms with Gasteiger partial charge in [-0.1, -0.05) is 0 Å². The summed E-state index contributed by atoms with van der Waals surface area (Å²) in [5, 5.41) is 3.52. The second kappa shape index (κ2) is 9.66. The number of ether oxygens (including phenoxy) is 2. The van der Waals surface area contributed by atoms with Crippen molar-refractivity contribution in [1.82, 2.24) is 10.6 Å². The van der Waals surface area contributed by atoms with Crippen molar-refractivity contribution in [1.29, 1.82) is 0 Å². The van der Waals surface area contributed by atoms with E-state index >= 15 is 0 Å². The molecule has 1 aromatic rings. The molecule has 150 valence electrons. The number of amides is 6. The number of carbonyl (C=O) groups excluding carboxylic acids is 6. The predicted octanol–water partition coefficient (Wildman–Crippen LogP) is -0.833. The maximum absolute atomic E-state index is 12.0. The van der Waals surface area contributed by atoms with Crippen LogP contribution in [-0.4, -0.2) is 48.0 Å². The summed E-state index contributed by atoms with van der Waals surface area (Å²) in [7, 11) is 0. The lowest BCUT2D eigenvalue weighted by molar-refractivity contribution is -0.128. The van der Waals surface area contributed by atoms with Gasteiger partial charge in [0.25, 0.3) is 11.8 Å². The van der Waals surface area contributed by atoms with Crippen molar-refractivity contribution in [3.8, 4) is 0 Å². The number of carbonyl (C=O) groups is 6. The van der Waals surface area contributed by atoms with E-state index in [-0.39, 0.29) is 11.1 Å². The van der Waals surface area contributed by atoms with Crippen LogP contribution in [0, 0.1) is 0 Å². The van der Waals surface area contributed by atoms with Crippen LogP contribution in [0.15, 0.2) is 24.3 Å². The zero-order chi connectivity index (χ0) is 21.4. The Labute approximate surface area is 158 Å². The molecule has 0 aliphatic heterocycles. The highest BCUT2D eigenvalue weighted by Crippen LogP contribution is 2.10. The van der Waals surface area contributed by atoms with Crippen molar-refractivity contribution >= 4 is 35.8 Å². The third-order valence-electron chi connectivity index (χ3n) is 3.16. The Hall–Kier alpha value is -3.96. The van der Waals surface area contributed by atoms with Crippen LogP contribution in [0.1, 0.15) is 34.6 Å². The molecule has 1 aromatic carbocycles. The summed E-state index contributed by atoms with van der Waals surface area (Å²) < 4.78 is 9.72. The molecule has 0 fully saturated rings. The fourth-order valence-corrected chi connectivity index (χ4v) is 1.75. The number of imide groups is 2. The van der Waals surface area contributed by atoms with Gasteiger partial charge in [0.1, 0.15) is 0 Å². The molecular formula is C16H18N4O8. The molecule has 0 bridgehead atoms. The smallest absolute Gasteiger partial charge is 0.338 e. The van der Waals surface area contributed by atoms with E-state index in [0.717, 1.165) is 0 Å². The fraction of sp³-hybridized carbons (Fsp3) is 0.250. The number of rotatable bonds is 6. The molecule has 0 heterocycles. The van der Waals surface area contributed by atoms with Crippen LogP contribution in [-0.2, 0) is 19.1 Å². The molecule has 28 heavy (non-hydrogen) atoms. The molecule has 0 aliphatic carbocycles. The molecular weight excluding hydrogens is 376 g/mol. The molecule has 12 nitrogen and oxygen atoms in total. The first-order valence-electron chi connectivity index (χ1n) is 7.74. The first-order chi connectivity index (χ1) is 13.0. The van der Waals surface area contributed by atoms with Crippen LogP contribution < -0.4 is 22.1 Å². The second-order valence-corrected chi connectivity index (χ2v) is 5.38. The van der Waals surface area contributed by atoms with Crippen LogP contribution in [0.3, 0.4) is 0 Å². The standard InChI is InChI=1S/C16H18N4O8/c1-7(11(21)19-15(17)25)27-13(23)9-3-5-10(6-4-9)14(24)28-8(2)12(22)20-16(18)26/h3-8H,1-2H3,(H3,17,19,21,25)(H3,18,20,22,26). The van der Waals surface area contributed by atoms with Gasteiger partial charge < -0.3 is 20.9 Å². The largest absolute Gasteiger partial charge is 0.449 e. The normalized spacial score (nSPS) is 12.1. The lowest BCUT2D eigenvalue weighted by Crippen LogP contribution is -2.42. The molecule has 6 N–H and O–H groups in total. The lowest BCUT2D eigenvalue weighted by Gasteiger charge is -2.13. The van der Waals surface area contributed by atoms with E-state index in [9.17, 15) is 28.8 Å². The minimum Gasteiger partial charge on any atom is -0.449 e. The van der Waals surface area contributed by atoms with Crippen LogP contribution in [0.5, 0.6) is 0 Å². The molecule has 0 spiro atoms. The highest BCUT2D eigenvalue weighted by Gasteiger charge is 2.22. The number of hydrogen-bond acceptors (Lipinski definition) is 8. The van der Waals surface area contributed by atoms with E-state index < -0.39 is 48.0 Å². The van der Waals surface area contributed by atoms with Gasteiger partial charge in [0.2, 0.25) is 0 Å². The lowest BCUT2D eigenvalue weighted by atomic mass is 10.1. The van der Waals surface area contributed by atoms with E-state index in [4.69, 9.17) is 20.9 Å². The van der Waals surface area contributed by atoms with E-state index in [1.165, 1.54) is 38.1 Å². The summed E-state index contributed by atoms with van der Waals surface area (Å²) in [6, 6.07) is 2.73. The number of benzene rings is 1. The van der Waals surface area contributed by atoms with Crippen LogP contribution >= 0.6 is 0 Å². The molecule has 0 radical (unpaired) electrons. The van der Waals surface area contributed by atoms with E-state index in [2.05, 4.69) is 0 Å². The number of nitrogens with two attached hydrogens (primary N) is 2. The Bertz CT molecular complexity index is 738. The van der Waals surface area contributed by atoms with Gasteiger partial charge in [-0.3, -0.25) is 20.2 Å². The summed E-state index contributed by atoms with van der Waals surface area (Å²) in [6.45, 7) is 2.47. The van der Waals surface area contributed by atoms with Crippen molar-refractivity contribution in [2.24, 2.45) is 11.5 Å². The number of esters is 2. The summed E-state index contributed by atoms with van der Waals surface area (Å²) in [5.74, 6) is -3.57. The first kappa shape index (κ1) is 22.1. The summed E-state index contributed by atoms with van der Waals surface area (Å²) in [4.78, 5) is 68.1. The highest BCUT2D eigenvalue weighted by molar-refractivity contribution is 5.99. The van der Waals surface area contributed by atoms with Crippen LogP contribution in [0.25, 0.3) is 0 Å². The van der Waals surface area contributed by atoms with Crippen molar-refractivity contribution in [3.63, 3.8) is 0 Å². The summed E-state index contributed by atoms with van der Waals surface area (Å²) in [5.41, 5.74) is 9.60. The molecule has 2 unspecified atom stereocenters. The Morgan fingerprint density at radius 2 is 1.00 bits per heavy atom. The Morgan fingerprint density at radius 3 is 1.25 bits per heavy atom. The third kappa shape index (κ3) is 6.74. The van der Waals surface area contributed by atoms with Crippen molar-refractivity contribution in [2.75, 3.05) is 0 Å². The van der Waals surface area contributed by atoms with E-state index in [0.29, 0.717) is 0 Å². The monoisotopic (exact) mass is 394 g/mol. The number of nitrogens with one attached hydrogen (secondary N) is 2. The average molecular weight is 394 g/mol. The minimum absolute atomic E-state index is 0.00907. The second-order valence-electron chi connectivity index (χ2n) is 5.38. The van der Waals surface area contributed by atoms with Crippen molar-refractivity contribution < 1.29 is 38.2 Å². The molecule has 6 amide bonds. The van der Waals surface area contributed by atoms with Crippen molar-refractivity contribution in [2.45, 2.75) is 26.1 Å². The average Bonchev–Trinajstić information content (AvgIpc) is 2.60. The quantitative estimate of drug-likeness (QED) is 0.448. The molecule has 0 saturated heterocycles. The van der Waals surface area contributed by atoms with Gasteiger partial charge in [-0.2, -0.15) is 0 Å². The van der Waals surface area contributed by atoms with Gasteiger partial charge >= 0.3 is 24.0 Å². The Morgan fingerprint density at radius 1 is 0.714 bits per heavy atom. The topological polar surface area (TPSA) is 197 Å². The molecule has 0 saturated carbocycles. The molecule has 2 atom stereocenters. The Kier molecular flexibility index (Phi) is 7.62. The van der Waals surface area contributed by atoms with Gasteiger partial charge in [0, 0.05) is 0 Å². The van der Waals surface area contributed by atoms with Crippen LogP contribution in [0.4, 0.5) is 9.59 Å². The van der Waals surface area contributed by atoms with E-state index in [1.807, 2.05) is 0 Å². The van der Waals surface area contributed by atoms with Gasteiger partial charge in [0.15, 0.2) is 12.2 Å². The first-order valence-corrected chi connectivity index (χ1v) is 7.74. The summed E-state index contributed by atoms with van der Waals surface area (Å²) in [6.07, 6.45) is -2.57. The minimum atomic E-state index is -1.28. The molecule has 0 aliphatic rings. The molecule has 12 heteroatoms. The van der Waals surface area contributed by atoms with Gasteiger partial charge in [0.05, 0.1) is 11.1 Å². The number of urea groups is 2. The highest BCUT2D eigenvalue weighted by atomic mass is 16.6. The van der Waals surface area contributed by atoms with Gasteiger partial charge in [-0.25, -0.2) is 19.2 Å². The maximum atomic E-state index is 12.0. The van der Waals surface area contributed by atoms with Gasteiger partial charge in [-0.15, -0.1) is 0 Å². The predicted molar refractivity (Wildman–Crippen MR) is 91.6 cm³/mol. The van der Waals surface area contributed by atoms with Crippen LogP contribution in [0.2, 0.25) is 0 Å². The Balaban J connectivity index is 2.69. The number of primary amides is 2. The van der Waals surface area contributed by atoms with Gasteiger partial charge in [-0.05, 0) is 38.1 Å². The zero-order valence-electron chi connectivity index (χ0n) is 14.9.